The Morgan fingerprint density at radius 1 is 1.05 bits per heavy atom. The maximum absolute atomic E-state index is 5.98. The minimum atomic E-state index is 0.734. The first-order valence-electron chi connectivity index (χ1n) is 6.41. The van der Waals surface area contributed by atoms with Crippen LogP contribution in [0.25, 0.3) is 0 Å². The quantitative estimate of drug-likeness (QED) is 0.792. The lowest BCUT2D eigenvalue weighted by Gasteiger charge is -2.36. The van der Waals surface area contributed by atoms with E-state index >= 15 is 0 Å². The summed E-state index contributed by atoms with van der Waals surface area (Å²) in [5, 5.41) is 0. The first-order chi connectivity index (χ1) is 9.75. The summed E-state index contributed by atoms with van der Waals surface area (Å²) in [4.78, 5) is 17.3. The summed E-state index contributed by atoms with van der Waals surface area (Å²) in [6.45, 7) is 3.59. The molecule has 0 radical (unpaired) electrons. The van der Waals surface area contributed by atoms with Crippen molar-refractivity contribution in [1.29, 1.82) is 0 Å². The Morgan fingerprint density at radius 3 is 2.40 bits per heavy atom. The molecule has 1 aliphatic heterocycles. The molecule has 0 amide bonds. The number of pyridine rings is 1. The van der Waals surface area contributed by atoms with Crippen LogP contribution in [0.3, 0.4) is 0 Å². The molecule has 2 N–H and O–H groups in total. The molecule has 0 spiro atoms. The molecule has 2 aromatic heterocycles. The van der Waals surface area contributed by atoms with Crippen LogP contribution >= 0.6 is 22.6 Å². The number of halogens is 1. The molecular weight excluding hydrogens is 367 g/mol. The van der Waals surface area contributed by atoms with Gasteiger partial charge in [0.05, 0.1) is 9.26 Å². The highest BCUT2D eigenvalue weighted by Gasteiger charge is 2.21. The van der Waals surface area contributed by atoms with Gasteiger partial charge in [0.15, 0.2) is 5.82 Å². The molecule has 20 heavy (non-hydrogen) atoms. The third-order valence-corrected chi connectivity index (χ3v) is 4.10. The number of piperazine rings is 1. The third-order valence-electron chi connectivity index (χ3n) is 3.34. The summed E-state index contributed by atoms with van der Waals surface area (Å²) in [5.41, 5.74) is 6.72. The minimum Gasteiger partial charge on any atom is -0.396 e. The van der Waals surface area contributed by atoms with Crippen molar-refractivity contribution in [2.45, 2.75) is 0 Å². The van der Waals surface area contributed by atoms with Crippen LogP contribution in [-0.2, 0) is 0 Å². The summed E-state index contributed by atoms with van der Waals surface area (Å²) < 4.78 is 1.08. The van der Waals surface area contributed by atoms with Crippen LogP contribution in [0.4, 0.5) is 17.3 Å². The molecule has 1 fully saturated rings. The highest BCUT2D eigenvalue weighted by molar-refractivity contribution is 14.1. The zero-order valence-corrected chi connectivity index (χ0v) is 13.1. The molecular formula is C13H15IN6. The van der Waals surface area contributed by atoms with Gasteiger partial charge in [-0.3, -0.25) is 0 Å². The summed E-state index contributed by atoms with van der Waals surface area (Å²) in [5.74, 6) is 1.89. The first-order valence-corrected chi connectivity index (χ1v) is 7.49. The lowest BCUT2D eigenvalue weighted by molar-refractivity contribution is 0.640. The van der Waals surface area contributed by atoms with Crippen LogP contribution in [0.15, 0.2) is 30.9 Å². The average Bonchev–Trinajstić information content (AvgIpc) is 2.49. The fourth-order valence-corrected chi connectivity index (χ4v) is 2.98. The number of nitrogen functional groups attached to an aromatic ring is 1. The Hall–Kier alpha value is -1.64. The maximum Gasteiger partial charge on any atom is 0.151 e. The molecule has 1 aliphatic rings. The highest BCUT2D eigenvalue weighted by Crippen LogP contribution is 2.24. The van der Waals surface area contributed by atoms with Gasteiger partial charge < -0.3 is 15.5 Å². The van der Waals surface area contributed by atoms with Crippen molar-refractivity contribution in [2.75, 3.05) is 41.7 Å². The van der Waals surface area contributed by atoms with Gasteiger partial charge >= 0.3 is 0 Å². The van der Waals surface area contributed by atoms with Crippen LogP contribution in [-0.4, -0.2) is 41.1 Å². The maximum atomic E-state index is 5.98. The molecule has 104 valence electrons. The van der Waals surface area contributed by atoms with E-state index in [4.69, 9.17) is 5.73 Å². The van der Waals surface area contributed by atoms with Crippen LogP contribution in [0, 0.1) is 3.57 Å². The zero-order chi connectivity index (χ0) is 13.9. The number of hydrogen-bond donors (Lipinski definition) is 1. The normalized spacial score (nSPS) is 15.4. The average molecular weight is 382 g/mol. The van der Waals surface area contributed by atoms with E-state index < -0.39 is 0 Å². The lowest BCUT2D eigenvalue weighted by Crippen LogP contribution is -2.47. The van der Waals surface area contributed by atoms with E-state index in [1.165, 1.54) is 0 Å². The largest absolute Gasteiger partial charge is 0.396 e. The van der Waals surface area contributed by atoms with Crippen LogP contribution in [0.1, 0.15) is 0 Å². The van der Waals surface area contributed by atoms with E-state index in [9.17, 15) is 0 Å². The second-order valence-electron chi connectivity index (χ2n) is 4.58. The topological polar surface area (TPSA) is 71.2 Å². The third kappa shape index (κ3) is 2.62. The van der Waals surface area contributed by atoms with Crippen molar-refractivity contribution in [3.8, 4) is 0 Å². The fraction of sp³-hybridized carbons (Fsp3) is 0.308. The van der Waals surface area contributed by atoms with Crippen LogP contribution in [0.5, 0.6) is 0 Å². The van der Waals surface area contributed by atoms with Gasteiger partial charge in [-0.2, -0.15) is 0 Å². The Balaban J connectivity index is 1.72. The van der Waals surface area contributed by atoms with Crippen molar-refractivity contribution >= 4 is 39.9 Å². The summed E-state index contributed by atoms with van der Waals surface area (Å²) in [6.07, 6.45) is 5.22. The van der Waals surface area contributed by atoms with Gasteiger partial charge in [-0.1, -0.05) is 0 Å². The van der Waals surface area contributed by atoms with Gasteiger partial charge in [-0.05, 0) is 34.7 Å². The highest BCUT2D eigenvalue weighted by atomic mass is 127. The number of aromatic nitrogens is 3. The molecule has 1 saturated heterocycles. The van der Waals surface area contributed by atoms with E-state index in [2.05, 4.69) is 47.3 Å². The van der Waals surface area contributed by atoms with Crippen molar-refractivity contribution in [2.24, 2.45) is 0 Å². The predicted octanol–water partition coefficient (Wildman–Crippen LogP) is 1.39. The number of nitrogens with zero attached hydrogens (tertiary/aromatic N) is 5. The number of anilines is 3. The second-order valence-corrected chi connectivity index (χ2v) is 5.75. The molecule has 0 bridgehead atoms. The molecule has 0 aromatic carbocycles. The molecule has 2 aromatic rings. The standard InChI is InChI=1S/C13H15IN6/c14-10-8-16-9-18-12(10)19-4-6-20(7-5-19)13-11(15)2-1-3-17-13/h1-3,8-9H,4-7,15H2. The number of hydrogen-bond acceptors (Lipinski definition) is 6. The van der Waals surface area contributed by atoms with Crippen molar-refractivity contribution in [3.63, 3.8) is 0 Å². The molecule has 6 nitrogen and oxygen atoms in total. The van der Waals surface area contributed by atoms with Crippen LogP contribution in [0.2, 0.25) is 0 Å². The first kappa shape index (κ1) is 13.3. The van der Waals surface area contributed by atoms with E-state index in [-0.39, 0.29) is 0 Å². The molecule has 7 heteroatoms. The molecule has 0 saturated carbocycles. The van der Waals surface area contributed by atoms with Gasteiger partial charge in [0, 0.05) is 38.6 Å². The Labute approximate surface area is 131 Å². The minimum absolute atomic E-state index is 0.734. The molecule has 3 rings (SSSR count). The van der Waals surface area contributed by atoms with E-state index in [0.717, 1.165) is 47.1 Å². The molecule has 3 heterocycles. The molecule has 0 aliphatic carbocycles. The van der Waals surface area contributed by atoms with Gasteiger partial charge in [0.1, 0.15) is 12.1 Å². The van der Waals surface area contributed by atoms with E-state index in [0.29, 0.717) is 0 Å². The summed E-state index contributed by atoms with van der Waals surface area (Å²) >= 11 is 2.27. The number of rotatable bonds is 2. The van der Waals surface area contributed by atoms with Crippen molar-refractivity contribution in [1.82, 2.24) is 15.0 Å². The fourth-order valence-electron chi connectivity index (χ4n) is 2.34. The van der Waals surface area contributed by atoms with Gasteiger partial charge in [0.25, 0.3) is 0 Å². The lowest BCUT2D eigenvalue weighted by atomic mass is 10.3. The number of nitrogens with two attached hydrogens (primary N) is 1. The summed E-state index contributed by atoms with van der Waals surface area (Å²) in [7, 11) is 0. The Bertz CT molecular complexity index is 543. The monoisotopic (exact) mass is 382 g/mol. The van der Waals surface area contributed by atoms with Gasteiger partial charge in [0.2, 0.25) is 0 Å². The Morgan fingerprint density at radius 2 is 1.75 bits per heavy atom. The zero-order valence-electron chi connectivity index (χ0n) is 10.9. The SMILES string of the molecule is Nc1cccnc1N1CCN(c2ncncc2I)CC1. The van der Waals surface area contributed by atoms with Crippen LogP contribution < -0.4 is 15.5 Å². The predicted molar refractivity (Wildman–Crippen MR) is 87.8 cm³/mol. The smallest absolute Gasteiger partial charge is 0.151 e. The molecule has 0 atom stereocenters. The summed E-state index contributed by atoms with van der Waals surface area (Å²) in [6, 6.07) is 3.75. The molecule has 0 unspecified atom stereocenters. The van der Waals surface area contributed by atoms with Crippen molar-refractivity contribution < 1.29 is 0 Å². The van der Waals surface area contributed by atoms with E-state index in [1.807, 2.05) is 18.3 Å². The Kier molecular flexibility index (Phi) is 3.86. The van der Waals surface area contributed by atoms with Gasteiger partial charge in [-0.15, -0.1) is 0 Å². The van der Waals surface area contributed by atoms with Crippen molar-refractivity contribution in [3.05, 3.63) is 34.4 Å². The van der Waals surface area contributed by atoms with Gasteiger partial charge in [-0.25, -0.2) is 15.0 Å². The van der Waals surface area contributed by atoms with E-state index in [1.54, 1.807) is 12.5 Å². The second kappa shape index (κ2) is 5.78.